The highest BCUT2D eigenvalue weighted by Crippen LogP contribution is 2.35. The van der Waals surface area contributed by atoms with Crippen molar-refractivity contribution in [3.8, 4) is 5.75 Å². The summed E-state index contributed by atoms with van der Waals surface area (Å²) in [5.41, 5.74) is 6.12. The summed E-state index contributed by atoms with van der Waals surface area (Å²) in [4.78, 5) is 41.4. The predicted octanol–water partition coefficient (Wildman–Crippen LogP) is 1.99. The van der Waals surface area contributed by atoms with Crippen molar-refractivity contribution in [1.82, 2.24) is 15.5 Å². The maximum Gasteiger partial charge on any atom is 0.243 e. The number of amides is 3. The molecule has 0 saturated carbocycles. The summed E-state index contributed by atoms with van der Waals surface area (Å²) < 4.78 is 17.4. The molecule has 2 aromatic rings. The molecule has 40 heavy (non-hydrogen) atoms. The van der Waals surface area contributed by atoms with Crippen molar-refractivity contribution in [3.63, 3.8) is 0 Å². The fourth-order valence-electron chi connectivity index (χ4n) is 4.94. The highest BCUT2D eigenvalue weighted by atomic mass is 32.1. The van der Waals surface area contributed by atoms with Crippen molar-refractivity contribution in [1.29, 1.82) is 5.41 Å². The summed E-state index contributed by atoms with van der Waals surface area (Å²) >= 11 is 1.39. The van der Waals surface area contributed by atoms with Crippen LogP contribution in [0.2, 0.25) is 0 Å². The number of carbonyl (C=O) groups is 3. The number of nitrogen functional groups attached to an aromatic ring is 1. The van der Waals surface area contributed by atoms with Crippen molar-refractivity contribution in [3.05, 3.63) is 52.2 Å². The van der Waals surface area contributed by atoms with Crippen molar-refractivity contribution in [2.45, 2.75) is 51.0 Å². The number of amidine groups is 1. The molecule has 3 heterocycles. The van der Waals surface area contributed by atoms with Gasteiger partial charge in [-0.15, -0.1) is 11.3 Å². The lowest BCUT2D eigenvalue weighted by Gasteiger charge is -2.24. The number of nitrogens with one attached hydrogen (secondary N) is 3. The van der Waals surface area contributed by atoms with Gasteiger partial charge in [-0.1, -0.05) is 31.5 Å². The van der Waals surface area contributed by atoms with E-state index in [9.17, 15) is 14.4 Å². The van der Waals surface area contributed by atoms with E-state index in [2.05, 4.69) is 17.6 Å². The molecule has 5 N–H and O–H groups in total. The molecule has 2 fully saturated rings. The quantitative estimate of drug-likeness (QED) is 0.212. The number of benzene rings is 1. The van der Waals surface area contributed by atoms with Gasteiger partial charge in [0, 0.05) is 34.6 Å². The fraction of sp³-hybridized carbons (Fsp3) is 0.500. The largest absolute Gasteiger partial charge is 0.493 e. The Balaban J connectivity index is 1.31. The number of para-hydroxylation sites is 1. The van der Waals surface area contributed by atoms with Gasteiger partial charge in [-0.2, -0.15) is 0 Å². The van der Waals surface area contributed by atoms with Crippen LogP contribution in [0.3, 0.4) is 0 Å². The molecule has 0 bridgehead atoms. The number of thiophene rings is 1. The van der Waals surface area contributed by atoms with E-state index in [-0.39, 0.29) is 62.0 Å². The monoisotopic (exact) mass is 571 g/mol. The molecule has 2 aliphatic rings. The Morgan fingerprint density at radius 3 is 2.65 bits per heavy atom. The minimum atomic E-state index is -1.02. The Kier molecular flexibility index (Phi) is 10.1. The maximum atomic E-state index is 13.2. The second-order valence-electron chi connectivity index (χ2n) is 10.0. The first-order valence-electron chi connectivity index (χ1n) is 13.5. The summed E-state index contributed by atoms with van der Waals surface area (Å²) in [5, 5.41) is 14.9. The second-order valence-corrected chi connectivity index (χ2v) is 11.0. The van der Waals surface area contributed by atoms with Crippen LogP contribution in [0.15, 0.2) is 41.8 Å². The van der Waals surface area contributed by atoms with Crippen molar-refractivity contribution >= 4 is 34.9 Å². The van der Waals surface area contributed by atoms with Crippen LogP contribution in [0.4, 0.5) is 0 Å². The molecule has 4 rings (SSSR count). The zero-order valence-electron chi connectivity index (χ0n) is 22.6. The molecular weight excluding hydrogens is 534 g/mol. The zero-order chi connectivity index (χ0) is 28.5. The van der Waals surface area contributed by atoms with E-state index in [4.69, 9.17) is 25.4 Å². The Labute approximate surface area is 237 Å². The average Bonchev–Trinajstić information content (AvgIpc) is 3.70. The SMILES string of the molecule is CCCC(COc1ccccc1)CC(=O)NCC(=O)N1CC2(C[C@H]1C(=O)NCc1cc(C(=N)N)cs1)OCCO2. The van der Waals surface area contributed by atoms with Crippen LogP contribution in [-0.4, -0.2) is 73.2 Å². The third kappa shape index (κ3) is 7.80. The van der Waals surface area contributed by atoms with Crippen molar-refractivity contribution in [2.75, 3.05) is 32.9 Å². The van der Waals surface area contributed by atoms with E-state index in [1.54, 1.807) is 11.4 Å². The Morgan fingerprint density at radius 1 is 1.23 bits per heavy atom. The van der Waals surface area contributed by atoms with Gasteiger partial charge in [0.2, 0.25) is 17.7 Å². The molecule has 2 aliphatic heterocycles. The van der Waals surface area contributed by atoms with Gasteiger partial charge >= 0.3 is 0 Å². The van der Waals surface area contributed by atoms with E-state index in [1.807, 2.05) is 30.3 Å². The summed E-state index contributed by atoms with van der Waals surface area (Å²) in [5.74, 6) is -1.26. The summed E-state index contributed by atoms with van der Waals surface area (Å²) in [6, 6.07) is 10.4. The average molecular weight is 572 g/mol. The van der Waals surface area contributed by atoms with E-state index < -0.39 is 11.8 Å². The fourth-order valence-corrected chi connectivity index (χ4v) is 5.77. The first-order chi connectivity index (χ1) is 19.3. The van der Waals surface area contributed by atoms with Gasteiger partial charge in [0.1, 0.15) is 17.6 Å². The first-order valence-corrected chi connectivity index (χ1v) is 14.4. The predicted molar refractivity (Wildman–Crippen MR) is 150 cm³/mol. The summed E-state index contributed by atoms with van der Waals surface area (Å²) in [6.45, 7) is 3.35. The molecule has 1 aromatic heterocycles. The van der Waals surface area contributed by atoms with Crippen molar-refractivity contribution < 1.29 is 28.6 Å². The van der Waals surface area contributed by atoms with Crippen LogP contribution in [-0.2, 0) is 30.4 Å². The molecule has 11 nitrogen and oxygen atoms in total. The lowest BCUT2D eigenvalue weighted by Crippen LogP contribution is -2.49. The molecule has 2 saturated heterocycles. The standard InChI is InChI=1S/C28H37N5O6S/c1-2-6-19(16-37-21-7-4-3-5-8-21)11-24(34)31-15-25(35)33-18-28(38-9-10-39-28)13-23(33)27(36)32-14-22-12-20(17-40-22)26(29)30/h3-5,7-8,12,17,19,23H,2,6,9-11,13-16,18H2,1H3,(H3,29,30)(H,31,34)(H,32,36)/t19?,23-/m0/s1. The van der Waals surface area contributed by atoms with Gasteiger partial charge in [0.25, 0.3) is 0 Å². The lowest BCUT2D eigenvalue weighted by molar-refractivity contribution is -0.152. The molecule has 2 atom stereocenters. The van der Waals surface area contributed by atoms with Crippen LogP contribution in [0.1, 0.15) is 43.0 Å². The van der Waals surface area contributed by atoms with Crippen LogP contribution >= 0.6 is 11.3 Å². The van der Waals surface area contributed by atoms with Gasteiger partial charge in [-0.05, 0) is 24.6 Å². The number of rotatable bonds is 13. The second kappa shape index (κ2) is 13.7. The number of carbonyl (C=O) groups excluding carboxylic acids is 3. The lowest BCUT2D eigenvalue weighted by atomic mass is 10.0. The van der Waals surface area contributed by atoms with Gasteiger partial charge in [-0.25, -0.2) is 0 Å². The van der Waals surface area contributed by atoms with Gasteiger partial charge in [-0.3, -0.25) is 19.8 Å². The van der Waals surface area contributed by atoms with Crippen molar-refractivity contribution in [2.24, 2.45) is 11.7 Å². The minimum absolute atomic E-state index is 0.00921. The third-order valence-electron chi connectivity index (χ3n) is 6.97. The number of hydrogen-bond donors (Lipinski definition) is 4. The van der Waals surface area contributed by atoms with Gasteiger partial charge in [0.15, 0.2) is 5.79 Å². The number of hydrogen-bond acceptors (Lipinski definition) is 8. The van der Waals surface area contributed by atoms with E-state index in [0.29, 0.717) is 25.4 Å². The van der Waals surface area contributed by atoms with Gasteiger partial charge < -0.3 is 35.5 Å². The topological polar surface area (TPSA) is 156 Å². The number of likely N-dealkylation sites (tertiary alicyclic amines) is 1. The number of ether oxygens (including phenoxy) is 3. The summed E-state index contributed by atoms with van der Waals surface area (Å²) in [6.07, 6.45) is 2.16. The van der Waals surface area contributed by atoms with E-state index in [0.717, 1.165) is 23.5 Å². The highest BCUT2D eigenvalue weighted by molar-refractivity contribution is 7.10. The highest BCUT2D eigenvalue weighted by Gasteiger charge is 2.52. The van der Waals surface area contributed by atoms with Gasteiger partial charge in [0.05, 0.1) is 39.5 Å². The molecule has 12 heteroatoms. The molecule has 216 valence electrons. The molecule has 0 radical (unpaired) electrons. The molecule has 3 amide bonds. The molecule has 1 aromatic carbocycles. The summed E-state index contributed by atoms with van der Waals surface area (Å²) in [7, 11) is 0. The molecule has 1 unspecified atom stereocenters. The Hall–Kier alpha value is -3.48. The first kappa shape index (κ1) is 29.5. The third-order valence-corrected chi connectivity index (χ3v) is 7.90. The van der Waals surface area contributed by atoms with E-state index >= 15 is 0 Å². The number of nitrogens with zero attached hydrogens (tertiary/aromatic N) is 1. The normalized spacial score (nSPS) is 18.4. The smallest absolute Gasteiger partial charge is 0.243 e. The van der Waals surface area contributed by atoms with Crippen LogP contribution in [0.25, 0.3) is 0 Å². The van der Waals surface area contributed by atoms with Crippen LogP contribution in [0, 0.1) is 11.3 Å². The Morgan fingerprint density at radius 2 is 1.98 bits per heavy atom. The molecule has 0 aliphatic carbocycles. The maximum absolute atomic E-state index is 13.2. The number of nitrogens with two attached hydrogens (primary N) is 1. The van der Waals surface area contributed by atoms with E-state index in [1.165, 1.54) is 16.2 Å². The molecular formula is C28H37N5O6S. The zero-order valence-corrected chi connectivity index (χ0v) is 23.5. The van der Waals surface area contributed by atoms with Crippen LogP contribution in [0.5, 0.6) is 5.75 Å². The Bertz CT molecular complexity index is 1180. The molecule has 1 spiro atoms. The minimum Gasteiger partial charge on any atom is -0.493 e. The van der Waals surface area contributed by atoms with Crippen LogP contribution < -0.4 is 21.1 Å².